The monoisotopic (exact) mass is 556 g/mol. The zero-order valence-corrected chi connectivity index (χ0v) is 23.3. The molecule has 1 saturated heterocycles. The second kappa shape index (κ2) is 12.4. The summed E-state index contributed by atoms with van der Waals surface area (Å²) >= 11 is 6.23. The van der Waals surface area contributed by atoms with Crippen molar-refractivity contribution in [2.45, 2.75) is 13.0 Å². The van der Waals surface area contributed by atoms with Crippen LogP contribution in [-0.4, -0.2) is 93.2 Å². The molecule has 0 saturated carbocycles. The van der Waals surface area contributed by atoms with Crippen molar-refractivity contribution in [3.63, 3.8) is 0 Å². The SMILES string of the molecule is CCOC(=O)C1=C(CN2CCN(C(=O)c3ccccc3Cl)CC2)N(C)C(=O)NC1c1cccc(OC)c1OC. The molecule has 2 heterocycles. The number of carbonyl (C=O) groups excluding carboxylic acids is 3. The Morgan fingerprint density at radius 3 is 2.38 bits per heavy atom. The minimum absolute atomic E-state index is 0.119. The lowest BCUT2D eigenvalue weighted by Crippen LogP contribution is -2.53. The minimum atomic E-state index is -0.809. The van der Waals surface area contributed by atoms with Crippen molar-refractivity contribution < 1.29 is 28.6 Å². The largest absolute Gasteiger partial charge is 0.493 e. The van der Waals surface area contributed by atoms with Gasteiger partial charge in [0.25, 0.3) is 5.91 Å². The number of urea groups is 1. The molecule has 2 aromatic rings. The smallest absolute Gasteiger partial charge is 0.338 e. The molecule has 0 bridgehead atoms. The van der Waals surface area contributed by atoms with Gasteiger partial charge in [0, 0.05) is 51.0 Å². The number of amides is 3. The van der Waals surface area contributed by atoms with Gasteiger partial charge in [-0.2, -0.15) is 0 Å². The van der Waals surface area contributed by atoms with Crippen molar-refractivity contribution in [3.05, 3.63) is 69.9 Å². The van der Waals surface area contributed by atoms with Crippen molar-refractivity contribution in [2.75, 3.05) is 60.6 Å². The fourth-order valence-corrected chi connectivity index (χ4v) is 5.11. The molecule has 0 radical (unpaired) electrons. The number of methoxy groups -OCH3 is 2. The molecule has 0 aromatic heterocycles. The summed E-state index contributed by atoms with van der Waals surface area (Å²) in [5.41, 5.74) is 1.89. The lowest BCUT2D eigenvalue weighted by molar-refractivity contribution is -0.139. The molecule has 2 aliphatic heterocycles. The van der Waals surface area contributed by atoms with E-state index in [1.807, 2.05) is 0 Å². The van der Waals surface area contributed by atoms with Crippen LogP contribution < -0.4 is 14.8 Å². The molecule has 4 rings (SSSR count). The van der Waals surface area contributed by atoms with E-state index >= 15 is 0 Å². The van der Waals surface area contributed by atoms with Crippen molar-refractivity contribution in [3.8, 4) is 11.5 Å². The molecule has 3 amide bonds. The van der Waals surface area contributed by atoms with E-state index < -0.39 is 12.0 Å². The van der Waals surface area contributed by atoms with Crippen LogP contribution in [0.15, 0.2) is 53.7 Å². The lowest BCUT2D eigenvalue weighted by Gasteiger charge is -2.39. The lowest BCUT2D eigenvalue weighted by atomic mass is 9.93. The predicted octanol–water partition coefficient (Wildman–Crippen LogP) is 3.33. The Morgan fingerprint density at radius 2 is 1.74 bits per heavy atom. The standard InChI is InChI=1S/C28H33ClN4O6/c1-5-39-27(35)23-21(17-32-13-15-33(16-14-32)26(34)18-9-6-7-11-20(18)29)31(2)28(36)30-24(23)19-10-8-12-22(37-3)25(19)38-4/h6-12,24H,5,13-17H2,1-4H3,(H,30,36). The first-order chi connectivity index (χ1) is 18.8. The Bertz CT molecular complexity index is 1270. The van der Waals surface area contributed by atoms with Gasteiger partial charge in [0.05, 0.1) is 43.0 Å². The quantitative estimate of drug-likeness (QED) is 0.498. The molecular weight excluding hydrogens is 524 g/mol. The number of benzene rings is 2. The number of nitrogens with one attached hydrogen (secondary N) is 1. The topological polar surface area (TPSA) is 101 Å². The van der Waals surface area contributed by atoms with Gasteiger partial charge >= 0.3 is 12.0 Å². The average molecular weight is 557 g/mol. The molecule has 2 aromatic carbocycles. The fraction of sp³-hybridized carbons (Fsp3) is 0.393. The number of halogens is 1. The van der Waals surface area contributed by atoms with Crippen LogP contribution in [0.2, 0.25) is 5.02 Å². The van der Waals surface area contributed by atoms with Crippen LogP contribution in [0.25, 0.3) is 0 Å². The number of ether oxygens (including phenoxy) is 3. The van der Waals surface area contributed by atoms with E-state index in [2.05, 4.69) is 10.2 Å². The number of carbonyl (C=O) groups is 3. The van der Waals surface area contributed by atoms with Crippen LogP contribution >= 0.6 is 11.6 Å². The number of hydrogen-bond donors (Lipinski definition) is 1. The van der Waals surface area contributed by atoms with E-state index in [-0.39, 0.29) is 18.5 Å². The third kappa shape index (κ3) is 5.81. The Morgan fingerprint density at radius 1 is 1.03 bits per heavy atom. The third-order valence-electron chi connectivity index (χ3n) is 6.95. The van der Waals surface area contributed by atoms with Gasteiger partial charge in [0.2, 0.25) is 0 Å². The zero-order valence-electron chi connectivity index (χ0n) is 22.5. The maximum atomic E-state index is 13.4. The average Bonchev–Trinajstić information content (AvgIpc) is 2.95. The van der Waals surface area contributed by atoms with Crippen molar-refractivity contribution >= 4 is 29.5 Å². The first-order valence-corrected chi connectivity index (χ1v) is 13.1. The van der Waals surface area contributed by atoms with Gasteiger partial charge in [0.15, 0.2) is 11.5 Å². The fourth-order valence-electron chi connectivity index (χ4n) is 4.90. The van der Waals surface area contributed by atoms with E-state index in [0.717, 1.165) is 0 Å². The summed E-state index contributed by atoms with van der Waals surface area (Å²) in [6, 6.07) is 11.1. The maximum absolute atomic E-state index is 13.4. The van der Waals surface area contributed by atoms with Gasteiger partial charge in [0.1, 0.15) is 0 Å². The third-order valence-corrected chi connectivity index (χ3v) is 7.28. The van der Waals surface area contributed by atoms with Gasteiger partial charge in [-0.05, 0) is 25.1 Å². The number of para-hydroxylation sites is 1. The Labute approximate surface area is 233 Å². The summed E-state index contributed by atoms with van der Waals surface area (Å²) in [4.78, 5) is 44.8. The van der Waals surface area contributed by atoms with Crippen molar-refractivity contribution in [1.29, 1.82) is 0 Å². The highest BCUT2D eigenvalue weighted by atomic mass is 35.5. The molecule has 0 spiro atoms. The van der Waals surface area contributed by atoms with E-state index in [1.165, 1.54) is 19.1 Å². The Hall–Kier alpha value is -3.76. The van der Waals surface area contributed by atoms with Gasteiger partial charge in [-0.15, -0.1) is 0 Å². The second-order valence-electron chi connectivity index (χ2n) is 9.15. The molecule has 0 aliphatic carbocycles. The zero-order chi connectivity index (χ0) is 28.1. The summed E-state index contributed by atoms with van der Waals surface area (Å²) in [6.45, 7) is 4.30. The minimum Gasteiger partial charge on any atom is -0.493 e. The summed E-state index contributed by atoms with van der Waals surface area (Å²) in [5.74, 6) is 0.253. The summed E-state index contributed by atoms with van der Waals surface area (Å²) in [6.07, 6.45) is 0. The number of nitrogens with zero attached hydrogens (tertiary/aromatic N) is 3. The number of piperazine rings is 1. The van der Waals surface area contributed by atoms with E-state index in [9.17, 15) is 14.4 Å². The van der Waals surface area contributed by atoms with E-state index in [1.54, 1.807) is 61.3 Å². The van der Waals surface area contributed by atoms with Crippen LogP contribution in [0.4, 0.5) is 4.79 Å². The summed E-state index contributed by atoms with van der Waals surface area (Å²) in [7, 11) is 4.66. The normalized spacial score (nSPS) is 18.1. The first kappa shape index (κ1) is 28.3. The molecule has 208 valence electrons. The molecule has 10 nitrogen and oxygen atoms in total. The Kier molecular flexibility index (Phi) is 8.98. The number of esters is 1. The molecule has 1 fully saturated rings. The molecule has 1 atom stereocenters. The molecule has 1 N–H and O–H groups in total. The van der Waals surface area contributed by atoms with Crippen molar-refractivity contribution in [1.82, 2.24) is 20.0 Å². The van der Waals surface area contributed by atoms with E-state index in [4.69, 9.17) is 25.8 Å². The van der Waals surface area contributed by atoms with E-state index in [0.29, 0.717) is 71.6 Å². The highest BCUT2D eigenvalue weighted by Crippen LogP contribution is 2.40. The molecule has 11 heteroatoms. The van der Waals surface area contributed by atoms with Crippen LogP contribution in [0.3, 0.4) is 0 Å². The number of rotatable bonds is 8. The summed E-state index contributed by atoms with van der Waals surface area (Å²) < 4.78 is 16.5. The number of hydrogen-bond acceptors (Lipinski definition) is 7. The highest BCUT2D eigenvalue weighted by Gasteiger charge is 2.39. The van der Waals surface area contributed by atoms with Gasteiger partial charge in [-0.3, -0.25) is 14.6 Å². The maximum Gasteiger partial charge on any atom is 0.338 e. The Balaban J connectivity index is 1.63. The van der Waals surface area contributed by atoms with Crippen LogP contribution in [0.5, 0.6) is 11.5 Å². The molecule has 2 aliphatic rings. The van der Waals surface area contributed by atoms with Gasteiger partial charge in [-0.25, -0.2) is 9.59 Å². The molecule has 39 heavy (non-hydrogen) atoms. The summed E-state index contributed by atoms with van der Waals surface area (Å²) in [5, 5.41) is 3.34. The number of likely N-dealkylation sites (N-methyl/N-ethyl adjacent to an activating group) is 1. The molecular formula is C28H33ClN4O6. The predicted molar refractivity (Wildman–Crippen MR) is 146 cm³/mol. The van der Waals surface area contributed by atoms with Gasteiger partial charge < -0.3 is 24.4 Å². The van der Waals surface area contributed by atoms with Crippen LogP contribution in [-0.2, 0) is 9.53 Å². The van der Waals surface area contributed by atoms with Crippen molar-refractivity contribution in [2.24, 2.45) is 0 Å². The van der Waals surface area contributed by atoms with Crippen LogP contribution in [0, 0.1) is 0 Å². The van der Waals surface area contributed by atoms with Crippen LogP contribution in [0.1, 0.15) is 28.9 Å². The molecule has 1 unspecified atom stereocenters. The highest BCUT2D eigenvalue weighted by molar-refractivity contribution is 6.33. The second-order valence-corrected chi connectivity index (χ2v) is 9.56. The first-order valence-electron chi connectivity index (χ1n) is 12.7. The van der Waals surface area contributed by atoms with Gasteiger partial charge in [-0.1, -0.05) is 35.9 Å².